The molecule has 0 saturated heterocycles. The maximum absolute atomic E-state index is 11.6. The second kappa shape index (κ2) is 4.77. The molecule has 2 aromatic heterocycles. The summed E-state index contributed by atoms with van der Waals surface area (Å²) in [4.78, 5) is 14.6. The van der Waals surface area contributed by atoms with Crippen LogP contribution < -0.4 is 10.1 Å². The third-order valence-corrected chi connectivity index (χ3v) is 2.52. The van der Waals surface area contributed by atoms with Crippen LogP contribution in [-0.2, 0) is 6.54 Å². The molecule has 19 heavy (non-hydrogen) atoms. The monoisotopic (exact) mass is 258 g/mol. The normalized spacial score (nSPS) is 10.5. The largest absolute Gasteiger partial charge is 0.412 e. The van der Waals surface area contributed by atoms with Crippen LogP contribution in [0.3, 0.4) is 0 Å². The summed E-state index contributed by atoms with van der Waals surface area (Å²) in [5.74, 6) is 0.857. The Hall–Kier alpha value is -2.90. The highest BCUT2D eigenvalue weighted by Gasteiger charge is 2.06. The molecule has 1 amide bonds. The lowest BCUT2D eigenvalue weighted by Crippen LogP contribution is -2.26. The minimum atomic E-state index is -0.570. The van der Waals surface area contributed by atoms with Crippen LogP contribution >= 0.6 is 0 Å². The Morgan fingerprint density at radius 2 is 2.32 bits per heavy atom. The van der Waals surface area contributed by atoms with Crippen molar-refractivity contribution in [3.05, 3.63) is 36.3 Å². The summed E-state index contributed by atoms with van der Waals surface area (Å²) in [6.45, 7) is 0.154. The van der Waals surface area contributed by atoms with Gasteiger partial charge in [-0.25, -0.2) is 4.79 Å². The molecular formula is C11H10N6O2. The van der Waals surface area contributed by atoms with E-state index in [2.05, 4.69) is 30.9 Å². The lowest BCUT2D eigenvalue weighted by Gasteiger charge is -2.04. The number of carbonyl (C=O) groups is 1. The van der Waals surface area contributed by atoms with Crippen molar-refractivity contribution in [3.8, 4) is 5.75 Å². The summed E-state index contributed by atoms with van der Waals surface area (Å²) in [7, 11) is 0. The molecule has 3 aromatic rings. The molecule has 3 N–H and O–H groups in total. The van der Waals surface area contributed by atoms with Gasteiger partial charge in [-0.2, -0.15) is 5.21 Å². The van der Waals surface area contributed by atoms with E-state index < -0.39 is 6.09 Å². The van der Waals surface area contributed by atoms with Crippen molar-refractivity contribution < 1.29 is 9.53 Å². The van der Waals surface area contributed by atoms with Gasteiger partial charge < -0.3 is 15.0 Å². The summed E-state index contributed by atoms with van der Waals surface area (Å²) in [5.41, 5.74) is 0.986. The van der Waals surface area contributed by atoms with Crippen LogP contribution in [-0.4, -0.2) is 31.7 Å². The van der Waals surface area contributed by atoms with Crippen LogP contribution in [0.4, 0.5) is 4.79 Å². The number of fused-ring (bicyclic) bond motifs is 1. The van der Waals surface area contributed by atoms with Gasteiger partial charge >= 0.3 is 6.09 Å². The van der Waals surface area contributed by atoms with Gasteiger partial charge in [0, 0.05) is 17.1 Å². The van der Waals surface area contributed by atoms with Gasteiger partial charge in [0.05, 0.1) is 6.54 Å². The molecule has 3 rings (SSSR count). The summed E-state index contributed by atoms with van der Waals surface area (Å²) in [6.07, 6.45) is 1.25. The highest BCUT2D eigenvalue weighted by Crippen LogP contribution is 2.19. The van der Waals surface area contributed by atoms with Crippen LogP contribution in [0.5, 0.6) is 5.75 Å². The minimum absolute atomic E-state index is 0.154. The van der Waals surface area contributed by atoms with Gasteiger partial charge in [0.2, 0.25) is 0 Å². The lowest BCUT2D eigenvalue weighted by atomic mass is 10.2. The van der Waals surface area contributed by atoms with Gasteiger partial charge in [0.1, 0.15) is 5.75 Å². The second-order valence-electron chi connectivity index (χ2n) is 3.80. The molecule has 0 aliphatic carbocycles. The highest BCUT2D eigenvalue weighted by atomic mass is 16.6. The fraction of sp³-hybridized carbons (Fsp3) is 0.0909. The number of amides is 1. The number of nitrogens with one attached hydrogen (secondary N) is 3. The third-order valence-electron chi connectivity index (χ3n) is 2.52. The number of carbonyl (C=O) groups excluding carboxylic acids is 1. The number of H-pyrrole nitrogens is 2. The smallest absolute Gasteiger partial charge is 0.410 e. The van der Waals surface area contributed by atoms with Crippen LogP contribution in [0.15, 0.2) is 30.5 Å². The van der Waals surface area contributed by atoms with Crippen molar-refractivity contribution in [2.75, 3.05) is 0 Å². The number of ether oxygens (including phenoxy) is 1. The van der Waals surface area contributed by atoms with Crippen molar-refractivity contribution in [2.45, 2.75) is 6.54 Å². The zero-order chi connectivity index (χ0) is 13.1. The maximum atomic E-state index is 11.6. The van der Waals surface area contributed by atoms with E-state index in [1.54, 1.807) is 12.1 Å². The van der Waals surface area contributed by atoms with Crippen molar-refractivity contribution in [1.29, 1.82) is 0 Å². The number of aromatic amines is 2. The number of nitrogens with zero attached hydrogens (tertiary/aromatic N) is 3. The second-order valence-corrected chi connectivity index (χ2v) is 3.80. The van der Waals surface area contributed by atoms with Crippen LogP contribution in [0.25, 0.3) is 10.9 Å². The van der Waals surface area contributed by atoms with E-state index in [-0.39, 0.29) is 6.54 Å². The Morgan fingerprint density at radius 1 is 1.37 bits per heavy atom. The van der Waals surface area contributed by atoms with Gasteiger partial charge in [-0.1, -0.05) is 5.21 Å². The van der Waals surface area contributed by atoms with E-state index in [0.29, 0.717) is 11.6 Å². The van der Waals surface area contributed by atoms with Gasteiger partial charge in [-0.15, -0.1) is 10.2 Å². The molecule has 96 valence electrons. The zero-order valence-electron chi connectivity index (χ0n) is 9.75. The number of rotatable bonds is 3. The Labute approximate surface area is 107 Å². The number of benzene rings is 1. The molecule has 1 aromatic carbocycles. The average molecular weight is 258 g/mol. The Bertz CT molecular complexity index is 690. The molecule has 8 heteroatoms. The van der Waals surface area contributed by atoms with Gasteiger partial charge in [0.25, 0.3) is 0 Å². The van der Waals surface area contributed by atoms with Gasteiger partial charge in [-0.05, 0) is 24.3 Å². The Morgan fingerprint density at radius 3 is 3.16 bits per heavy atom. The molecule has 0 aliphatic rings. The van der Waals surface area contributed by atoms with Crippen LogP contribution in [0, 0.1) is 0 Å². The Balaban J connectivity index is 1.62. The van der Waals surface area contributed by atoms with Crippen LogP contribution in [0.2, 0.25) is 0 Å². The molecule has 0 spiro atoms. The third kappa shape index (κ3) is 2.51. The van der Waals surface area contributed by atoms with E-state index in [1.807, 2.05) is 18.3 Å². The van der Waals surface area contributed by atoms with E-state index in [1.165, 1.54) is 0 Å². The number of tetrazole rings is 1. The number of hydrogen-bond acceptors (Lipinski definition) is 5. The zero-order valence-corrected chi connectivity index (χ0v) is 9.75. The first kappa shape index (κ1) is 11.2. The van der Waals surface area contributed by atoms with E-state index >= 15 is 0 Å². The molecule has 0 unspecified atom stereocenters. The van der Waals surface area contributed by atoms with Crippen molar-refractivity contribution in [2.24, 2.45) is 0 Å². The Kier molecular flexibility index (Phi) is 2.81. The highest BCUT2D eigenvalue weighted by molar-refractivity contribution is 5.82. The first-order chi connectivity index (χ1) is 9.31. The topological polar surface area (TPSA) is 109 Å². The molecule has 0 fully saturated rings. The molecule has 0 radical (unpaired) electrons. The fourth-order valence-corrected chi connectivity index (χ4v) is 1.65. The number of hydrogen-bond donors (Lipinski definition) is 3. The van der Waals surface area contributed by atoms with Crippen LogP contribution in [0.1, 0.15) is 5.82 Å². The number of aromatic nitrogens is 5. The molecule has 0 atom stereocenters. The molecule has 8 nitrogen and oxygen atoms in total. The molecule has 0 bridgehead atoms. The SMILES string of the molecule is O=C(NCc1nn[nH]n1)Oc1ccc2[nH]ccc2c1. The van der Waals surface area contributed by atoms with E-state index in [9.17, 15) is 4.79 Å². The first-order valence-electron chi connectivity index (χ1n) is 5.56. The van der Waals surface area contributed by atoms with Crippen molar-refractivity contribution >= 4 is 17.0 Å². The molecular weight excluding hydrogens is 248 g/mol. The average Bonchev–Trinajstić information content (AvgIpc) is 3.07. The fourth-order valence-electron chi connectivity index (χ4n) is 1.65. The van der Waals surface area contributed by atoms with Crippen molar-refractivity contribution in [3.63, 3.8) is 0 Å². The predicted molar refractivity (Wildman–Crippen MR) is 65.3 cm³/mol. The van der Waals surface area contributed by atoms with E-state index in [4.69, 9.17) is 4.74 Å². The minimum Gasteiger partial charge on any atom is -0.410 e. The molecule has 0 aliphatic heterocycles. The molecule has 0 saturated carbocycles. The maximum Gasteiger partial charge on any atom is 0.412 e. The standard InChI is InChI=1S/C11H10N6O2/c18-11(13-6-10-14-16-17-15-10)19-8-1-2-9-7(5-8)3-4-12-9/h1-5,12H,6H2,(H,13,18)(H,14,15,16,17). The quantitative estimate of drug-likeness (QED) is 0.648. The predicted octanol–water partition coefficient (Wildman–Crippen LogP) is 0.970. The van der Waals surface area contributed by atoms with Gasteiger partial charge in [0.15, 0.2) is 5.82 Å². The summed E-state index contributed by atoms with van der Waals surface area (Å²) < 4.78 is 5.14. The van der Waals surface area contributed by atoms with Crippen molar-refractivity contribution in [1.82, 2.24) is 30.9 Å². The lowest BCUT2D eigenvalue weighted by molar-refractivity contribution is 0.199. The van der Waals surface area contributed by atoms with E-state index in [0.717, 1.165) is 10.9 Å². The summed E-state index contributed by atoms with van der Waals surface area (Å²) in [6, 6.07) is 7.24. The molecule has 2 heterocycles. The van der Waals surface area contributed by atoms with Gasteiger partial charge in [-0.3, -0.25) is 0 Å². The summed E-state index contributed by atoms with van der Waals surface area (Å²) in [5, 5.41) is 16.6. The summed E-state index contributed by atoms with van der Waals surface area (Å²) >= 11 is 0. The first-order valence-corrected chi connectivity index (χ1v) is 5.56.